The molecule has 1 saturated heterocycles. The second-order valence-electron chi connectivity index (χ2n) is 4.16. The minimum Gasteiger partial charge on any atom is -0.381 e. The number of hydrogen-bond acceptors (Lipinski definition) is 2. The summed E-state index contributed by atoms with van der Waals surface area (Å²) in [7, 11) is 0. The highest BCUT2D eigenvalue weighted by Crippen LogP contribution is 2.23. The van der Waals surface area contributed by atoms with Gasteiger partial charge in [0.2, 0.25) is 0 Å². The maximum Gasteiger partial charge on any atom is 0.164 e. The van der Waals surface area contributed by atoms with Crippen LogP contribution in [0.4, 0.5) is 0 Å². The number of halogens is 1. The monoisotopic (exact) mass is 238 g/mol. The summed E-state index contributed by atoms with van der Waals surface area (Å²) in [5.41, 5.74) is 0.649. The van der Waals surface area contributed by atoms with Crippen LogP contribution < -0.4 is 0 Å². The predicted molar refractivity (Wildman–Crippen MR) is 63.9 cm³/mol. The molecule has 0 N–H and O–H groups in total. The number of benzene rings is 1. The molecule has 0 amide bonds. The van der Waals surface area contributed by atoms with E-state index in [2.05, 4.69) is 0 Å². The molecule has 1 heterocycles. The highest BCUT2D eigenvalue weighted by Gasteiger charge is 2.19. The zero-order valence-electron chi connectivity index (χ0n) is 9.12. The Morgan fingerprint density at radius 2 is 2.00 bits per heavy atom. The van der Waals surface area contributed by atoms with Gasteiger partial charge in [0.05, 0.1) is 5.02 Å². The van der Waals surface area contributed by atoms with E-state index in [-0.39, 0.29) is 5.78 Å². The fraction of sp³-hybridized carbons (Fsp3) is 0.462. The number of carbonyl (C=O) groups is 1. The van der Waals surface area contributed by atoms with Crippen LogP contribution in [-0.4, -0.2) is 19.0 Å². The summed E-state index contributed by atoms with van der Waals surface area (Å²) in [4.78, 5) is 12.0. The van der Waals surface area contributed by atoms with Crippen molar-refractivity contribution in [2.75, 3.05) is 13.2 Å². The van der Waals surface area contributed by atoms with Gasteiger partial charge in [0, 0.05) is 25.2 Å². The SMILES string of the molecule is O=C(CC1CCOCC1)c1ccccc1Cl. The van der Waals surface area contributed by atoms with Crippen LogP contribution in [0.1, 0.15) is 29.6 Å². The second-order valence-corrected chi connectivity index (χ2v) is 4.57. The first-order valence-corrected chi connectivity index (χ1v) is 6.00. The van der Waals surface area contributed by atoms with Gasteiger partial charge < -0.3 is 4.74 Å². The molecule has 16 heavy (non-hydrogen) atoms. The maximum atomic E-state index is 12.0. The predicted octanol–water partition coefficient (Wildman–Crippen LogP) is 3.34. The molecular formula is C13H15ClO2. The smallest absolute Gasteiger partial charge is 0.164 e. The molecule has 0 aliphatic carbocycles. The lowest BCUT2D eigenvalue weighted by Crippen LogP contribution is -2.18. The maximum absolute atomic E-state index is 12.0. The Kier molecular flexibility index (Phi) is 3.97. The Bertz CT molecular complexity index is 370. The fourth-order valence-corrected chi connectivity index (χ4v) is 2.25. The molecule has 0 spiro atoms. The molecule has 0 radical (unpaired) electrons. The van der Waals surface area contributed by atoms with Crippen molar-refractivity contribution in [3.05, 3.63) is 34.9 Å². The third-order valence-corrected chi connectivity index (χ3v) is 3.32. The van der Waals surface area contributed by atoms with E-state index < -0.39 is 0 Å². The Morgan fingerprint density at radius 1 is 1.31 bits per heavy atom. The zero-order valence-corrected chi connectivity index (χ0v) is 9.87. The second kappa shape index (κ2) is 5.46. The number of Topliss-reactive ketones (excluding diaryl/α,β-unsaturated/α-hetero) is 1. The van der Waals surface area contributed by atoms with Crippen LogP contribution in [-0.2, 0) is 4.74 Å². The third kappa shape index (κ3) is 2.83. The zero-order chi connectivity index (χ0) is 11.4. The molecule has 1 aromatic rings. The van der Waals surface area contributed by atoms with Crippen LogP contribution in [0.25, 0.3) is 0 Å². The van der Waals surface area contributed by atoms with Gasteiger partial charge in [-0.15, -0.1) is 0 Å². The van der Waals surface area contributed by atoms with Gasteiger partial charge >= 0.3 is 0 Å². The van der Waals surface area contributed by atoms with Gasteiger partial charge in [0.1, 0.15) is 0 Å². The summed E-state index contributed by atoms with van der Waals surface area (Å²) < 4.78 is 5.27. The molecule has 1 aliphatic heterocycles. The summed E-state index contributed by atoms with van der Waals surface area (Å²) >= 11 is 5.99. The molecule has 1 aromatic carbocycles. The quantitative estimate of drug-likeness (QED) is 0.755. The molecule has 0 aromatic heterocycles. The van der Waals surface area contributed by atoms with Crippen molar-refractivity contribution < 1.29 is 9.53 Å². The van der Waals surface area contributed by atoms with Gasteiger partial charge in [-0.3, -0.25) is 4.79 Å². The summed E-state index contributed by atoms with van der Waals surface area (Å²) in [6.07, 6.45) is 2.56. The molecule has 3 heteroatoms. The lowest BCUT2D eigenvalue weighted by atomic mass is 9.92. The first-order valence-electron chi connectivity index (χ1n) is 5.63. The largest absolute Gasteiger partial charge is 0.381 e. The van der Waals surface area contributed by atoms with Gasteiger partial charge in [-0.1, -0.05) is 23.7 Å². The molecule has 1 aliphatic rings. The molecule has 2 rings (SSSR count). The van der Waals surface area contributed by atoms with Crippen LogP contribution >= 0.6 is 11.6 Å². The van der Waals surface area contributed by atoms with Crippen molar-refractivity contribution in [3.63, 3.8) is 0 Å². The van der Waals surface area contributed by atoms with Crippen LogP contribution in [0.3, 0.4) is 0 Å². The average molecular weight is 239 g/mol. The van der Waals surface area contributed by atoms with Crippen molar-refractivity contribution in [3.8, 4) is 0 Å². The fourth-order valence-electron chi connectivity index (χ4n) is 2.01. The van der Waals surface area contributed by atoms with Crippen LogP contribution in [0.2, 0.25) is 5.02 Å². The molecule has 0 saturated carbocycles. The molecule has 0 unspecified atom stereocenters. The molecule has 0 atom stereocenters. The summed E-state index contributed by atoms with van der Waals surface area (Å²) in [6, 6.07) is 7.25. The Balaban J connectivity index is 2.00. The third-order valence-electron chi connectivity index (χ3n) is 2.99. The number of ether oxygens (including phenoxy) is 1. The summed E-state index contributed by atoms with van der Waals surface area (Å²) in [5, 5.41) is 0.555. The van der Waals surface area contributed by atoms with Crippen LogP contribution in [0.15, 0.2) is 24.3 Å². The highest BCUT2D eigenvalue weighted by atomic mass is 35.5. The molecule has 0 bridgehead atoms. The standard InChI is InChI=1S/C13H15ClO2/c14-12-4-2-1-3-11(12)13(15)9-10-5-7-16-8-6-10/h1-4,10H,5-9H2. The van der Waals surface area contributed by atoms with Crippen LogP contribution in [0, 0.1) is 5.92 Å². The van der Waals surface area contributed by atoms with E-state index in [1.54, 1.807) is 12.1 Å². The minimum absolute atomic E-state index is 0.150. The Labute approximate surface area is 101 Å². The van der Waals surface area contributed by atoms with Gasteiger partial charge in [-0.2, -0.15) is 0 Å². The Hall–Kier alpha value is -0.860. The Morgan fingerprint density at radius 3 is 2.69 bits per heavy atom. The number of hydrogen-bond donors (Lipinski definition) is 0. The minimum atomic E-state index is 0.150. The van der Waals surface area contributed by atoms with Crippen molar-refractivity contribution >= 4 is 17.4 Å². The number of ketones is 1. The van der Waals surface area contributed by atoms with E-state index in [0.29, 0.717) is 22.9 Å². The van der Waals surface area contributed by atoms with Gasteiger partial charge in [-0.05, 0) is 30.9 Å². The van der Waals surface area contributed by atoms with E-state index in [4.69, 9.17) is 16.3 Å². The molecule has 2 nitrogen and oxygen atoms in total. The van der Waals surface area contributed by atoms with E-state index in [1.165, 1.54) is 0 Å². The molecule has 86 valence electrons. The van der Waals surface area contributed by atoms with E-state index in [1.807, 2.05) is 12.1 Å². The van der Waals surface area contributed by atoms with E-state index in [9.17, 15) is 4.79 Å². The summed E-state index contributed by atoms with van der Waals surface area (Å²) in [5.74, 6) is 0.607. The lowest BCUT2D eigenvalue weighted by Gasteiger charge is -2.21. The van der Waals surface area contributed by atoms with E-state index >= 15 is 0 Å². The number of carbonyl (C=O) groups excluding carboxylic acids is 1. The highest BCUT2D eigenvalue weighted by molar-refractivity contribution is 6.33. The molecular weight excluding hydrogens is 224 g/mol. The average Bonchev–Trinajstić information content (AvgIpc) is 2.31. The van der Waals surface area contributed by atoms with Crippen molar-refractivity contribution in [2.45, 2.75) is 19.3 Å². The number of rotatable bonds is 3. The van der Waals surface area contributed by atoms with E-state index in [0.717, 1.165) is 26.1 Å². The molecule has 1 fully saturated rings. The van der Waals surface area contributed by atoms with Crippen molar-refractivity contribution in [1.82, 2.24) is 0 Å². The topological polar surface area (TPSA) is 26.3 Å². The summed E-state index contributed by atoms with van der Waals surface area (Å²) in [6.45, 7) is 1.56. The van der Waals surface area contributed by atoms with Gasteiger partial charge in [-0.25, -0.2) is 0 Å². The first kappa shape index (κ1) is 11.6. The first-order chi connectivity index (χ1) is 7.77. The van der Waals surface area contributed by atoms with Crippen molar-refractivity contribution in [1.29, 1.82) is 0 Å². The van der Waals surface area contributed by atoms with Crippen molar-refractivity contribution in [2.24, 2.45) is 5.92 Å². The normalized spacial score (nSPS) is 17.3. The lowest BCUT2D eigenvalue weighted by molar-refractivity contribution is 0.0601. The van der Waals surface area contributed by atoms with Gasteiger partial charge in [0.15, 0.2) is 5.78 Å². The van der Waals surface area contributed by atoms with Gasteiger partial charge in [0.25, 0.3) is 0 Å². The van der Waals surface area contributed by atoms with Crippen LogP contribution in [0.5, 0.6) is 0 Å².